The highest BCUT2D eigenvalue weighted by molar-refractivity contribution is 7.67. The van der Waals surface area contributed by atoms with Gasteiger partial charge in [-0.1, -0.05) is 0 Å². The molecule has 3 fully saturated rings. The van der Waals surface area contributed by atoms with Crippen LogP contribution in [0.2, 0.25) is 0 Å². The third-order valence-electron chi connectivity index (χ3n) is 5.82. The van der Waals surface area contributed by atoms with E-state index in [0.29, 0.717) is 35.7 Å². The molecule has 2 heterocycles. The summed E-state index contributed by atoms with van der Waals surface area (Å²) >= 11 is 0.619. The molecule has 1 spiro atoms. The Bertz CT molecular complexity index is 878. The van der Waals surface area contributed by atoms with E-state index >= 15 is 0 Å². The second-order valence-corrected chi connectivity index (χ2v) is 8.30. The molecule has 3 aliphatic rings. The van der Waals surface area contributed by atoms with Gasteiger partial charge in [0.1, 0.15) is 11.9 Å². The number of hydrogen-bond donors (Lipinski definition) is 1. The predicted molar refractivity (Wildman–Crippen MR) is 104 cm³/mol. The largest absolute Gasteiger partial charge is 0.442 e. The maximum Gasteiger partial charge on any atom is 0.414 e. The van der Waals surface area contributed by atoms with Gasteiger partial charge in [0.15, 0.2) is 0 Å². The van der Waals surface area contributed by atoms with E-state index in [4.69, 9.17) is 4.74 Å². The highest BCUT2D eigenvalue weighted by atomic mass is 32.1. The molecule has 28 heavy (non-hydrogen) atoms. The molecule has 1 saturated carbocycles. The van der Waals surface area contributed by atoms with Gasteiger partial charge in [0.05, 0.1) is 35.7 Å². The molecule has 2 saturated heterocycles. The number of benzene rings is 1. The first-order valence-electron chi connectivity index (χ1n) is 9.35. The van der Waals surface area contributed by atoms with Gasteiger partial charge in [-0.2, -0.15) is 0 Å². The fourth-order valence-corrected chi connectivity index (χ4v) is 4.74. The highest BCUT2D eigenvalue weighted by Crippen LogP contribution is 2.50. The summed E-state index contributed by atoms with van der Waals surface area (Å²) in [6, 6.07) is 4.76. The summed E-state index contributed by atoms with van der Waals surface area (Å²) < 4.78 is 31.0. The maximum absolute atomic E-state index is 14.8. The maximum atomic E-state index is 14.8. The first kappa shape index (κ1) is 18.9. The van der Waals surface area contributed by atoms with Gasteiger partial charge in [0, 0.05) is 30.3 Å². The molecular weight excluding hydrogens is 385 g/mol. The van der Waals surface area contributed by atoms with Crippen LogP contribution in [0.15, 0.2) is 18.2 Å². The van der Waals surface area contributed by atoms with E-state index in [1.807, 2.05) is 4.90 Å². The monoisotopic (exact) mass is 407 g/mol. The minimum atomic E-state index is -0.547. The van der Waals surface area contributed by atoms with E-state index in [1.165, 1.54) is 17.9 Å². The summed E-state index contributed by atoms with van der Waals surface area (Å²) in [5.74, 6) is -0.581. The average Bonchev–Trinajstić information content (AvgIpc) is 3.22. The Labute approximate surface area is 165 Å². The Morgan fingerprint density at radius 2 is 2.14 bits per heavy atom. The molecule has 2 aliphatic heterocycles. The van der Waals surface area contributed by atoms with Crippen LogP contribution in [0.1, 0.15) is 26.2 Å². The van der Waals surface area contributed by atoms with Gasteiger partial charge >= 0.3 is 6.09 Å². The average molecular weight is 407 g/mol. The summed E-state index contributed by atoms with van der Waals surface area (Å²) in [6.07, 6.45) is 1.65. The first-order chi connectivity index (χ1) is 13.4. The first-order valence-corrected chi connectivity index (χ1v) is 10.1. The Morgan fingerprint density at radius 1 is 1.39 bits per heavy atom. The van der Waals surface area contributed by atoms with Crippen molar-refractivity contribution in [2.45, 2.75) is 32.3 Å². The van der Waals surface area contributed by atoms with Crippen molar-refractivity contribution in [1.82, 2.24) is 5.32 Å². The molecule has 1 atom stereocenters. The number of nitrogens with zero attached hydrogens (tertiary/aromatic N) is 2. The Hall–Kier alpha value is -2.42. The van der Waals surface area contributed by atoms with Crippen LogP contribution < -0.4 is 15.1 Å². The van der Waals surface area contributed by atoms with Crippen molar-refractivity contribution in [1.29, 1.82) is 0 Å². The normalized spacial score (nSPS) is 23.0. The van der Waals surface area contributed by atoms with Crippen LogP contribution in [0.5, 0.6) is 0 Å². The van der Waals surface area contributed by atoms with E-state index in [2.05, 4.69) is 5.32 Å². The lowest BCUT2D eigenvalue weighted by molar-refractivity contribution is -0.119. The van der Waals surface area contributed by atoms with E-state index in [9.17, 15) is 18.2 Å². The van der Waals surface area contributed by atoms with E-state index in [1.54, 1.807) is 12.1 Å². The summed E-state index contributed by atoms with van der Waals surface area (Å²) in [7, 11) is 0. The van der Waals surface area contributed by atoms with Crippen LogP contribution in [-0.2, 0) is 20.8 Å². The lowest BCUT2D eigenvalue weighted by atomic mass is 9.93. The molecule has 1 N–H and O–H groups in total. The number of ether oxygens (including phenoxy) is 1. The van der Waals surface area contributed by atoms with Crippen molar-refractivity contribution in [3.63, 3.8) is 0 Å². The van der Waals surface area contributed by atoms with Gasteiger partial charge in [-0.15, -0.1) is 0 Å². The van der Waals surface area contributed by atoms with E-state index in [0.717, 1.165) is 24.1 Å². The quantitative estimate of drug-likeness (QED) is 0.768. The number of halogens is 1. The molecule has 1 aromatic carbocycles. The fourth-order valence-electron chi connectivity index (χ4n) is 4.03. The van der Waals surface area contributed by atoms with Crippen LogP contribution >= 0.6 is 0 Å². The molecule has 1 aromatic rings. The van der Waals surface area contributed by atoms with Crippen molar-refractivity contribution >= 4 is 39.5 Å². The summed E-state index contributed by atoms with van der Waals surface area (Å²) in [6.45, 7) is 3.31. The Balaban J connectivity index is 1.42. The molecule has 0 radical (unpaired) electrons. The number of rotatable bonds is 4. The molecule has 7 nitrogen and oxygen atoms in total. The smallest absolute Gasteiger partial charge is 0.414 e. The van der Waals surface area contributed by atoms with Crippen LogP contribution in [0.3, 0.4) is 0 Å². The second kappa shape index (κ2) is 7.20. The molecule has 1 unspecified atom stereocenters. The molecule has 4 rings (SSSR count). The molecule has 9 heteroatoms. The molecule has 150 valence electrons. The van der Waals surface area contributed by atoms with Gasteiger partial charge in [-0.25, -0.2) is 13.4 Å². The summed E-state index contributed by atoms with van der Waals surface area (Å²) in [4.78, 5) is 27.5. The molecule has 0 aromatic heterocycles. The third-order valence-corrected chi connectivity index (χ3v) is 6.60. The number of piperidine rings is 1. The summed E-state index contributed by atoms with van der Waals surface area (Å²) in [5, 5.41) is 2.62. The van der Waals surface area contributed by atoms with Crippen LogP contribution in [0.25, 0.3) is 0 Å². The lowest BCUT2D eigenvalue weighted by Gasteiger charge is -2.33. The van der Waals surface area contributed by atoms with Gasteiger partial charge in [-0.05, 0) is 37.5 Å². The molecule has 0 bridgehead atoms. The Morgan fingerprint density at radius 3 is 2.75 bits per heavy atom. The van der Waals surface area contributed by atoms with Crippen molar-refractivity contribution < 1.29 is 22.9 Å². The molecule has 2 amide bonds. The van der Waals surface area contributed by atoms with Crippen LogP contribution in [0, 0.1) is 11.2 Å². The zero-order valence-electron chi connectivity index (χ0n) is 15.6. The van der Waals surface area contributed by atoms with Crippen LogP contribution in [0.4, 0.5) is 20.6 Å². The van der Waals surface area contributed by atoms with Gasteiger partial charge in [-0.3, -0.25) is 9.69 Å². The SMILES string of the molecule is CC(=O)NCC1CN(c2ccc(N3CCC4(CC3)CC4=S=O)c(F)c2)C(=O)O1. The fraction of sp³-hybridized carbons (Fsp3) is 0.526. The number of anilines is 2. The molecule has 1 aliphatic carbocycles. The van der Waals surface area contributed by atoms with Gasteiger partial charge in [0.25, 0.3) is 0 Å². The standard InChI is InChI=1S/C19H22FN3O4S/c1-12(24)21-10-14-11-23(18(25)27-14)13-2-3-16(15(20)8-13)22-6-4-19(5-7-22)9-17(19)28-26/h2-3,8,14H,4-7,9-11H2,1H3,(H,21,24). The number of nitrogens with one attached hydrogen (secondary N) is 1. The lowest BCUT2D eigenvalue weighted by Crippen LogP contribution is -2.36. The van der Waals surface area contributed by atoms with E-state index < -0.39 is 12.2 Å². The Kier molecular flexibility index (Phi) is 4.86. The van der Waals surface area contributed by atoms with Crippen molar-refractivity contribution in [2.75, 3.05) is 36.0 Å². The van der Waals surface area contributed by atoms with E-state index in [-0.39, 0.29) is 30.2 Å². The number of hydrogen-bond acceptors (Lipinski definition) is 5. The number of carbonyl (C=O) groups is 2. The highest BCUT2D eigenvalue weighted by Gasteiger charge is 2.51. The number of carbonyl (C=O) groups excluding carboxylic acids is 2. The number of cyclic esters (lactones) is 1. The van der Waals surface area contributed by atoms with Gasteiger partial charge < -0.3 is 15.0 Å². The van der Waals surface area contributed by atoms with Gasteiger partial charge in [0.2, 0.25) is 5.91 Å². The third kappa shape index (κ3) is 3.50. The topological polar surface area (TPSA) is 79.0 Å². The zero-order valence-corrected chi connectivity index (χ0v) is 16.4. The predicted octanol–water partition coefficient (Wildman–Crippen LogP) is 1.66. The van der Waals surface area contributed by atoms with Crippen molar-refractivity contribution in [3.8, 4) is 0 Å². The van der Waals surface area contributed by atoms with Crippen LogP contribution in [-0.4, -0.2) is 53.4 Å². The molecular formula is C19H22FN3O4S. The van der Waals surface area contributed by atoms with Crippen molar-refractivity contribution in [3.05, 3.63) is 24.0 Å². The second-order valence-electron chi connectivity index (χ2n) is 7.64. The minimum absolute atomic E-state index is 0.0849. The minimum Gasteiger partial charge on any atom is -0.442 e. The zero-order chi connectivity index (χ0) is 19.9. The number of amides is 2. The van der Waals surface area contributed by atoms with Crippen molar-refractivity contribution in [2.24, 2.45) is 5.41 Å². The summed E-state index contributed by atoms with van der Waals surface area (Å²) in [5.41, 5.74) is 1.03.